The van der Waals surface area contributed by atoms with Gasteiger partial charge in [0.05, 0.1) is 17.1 Å². The zero-order chi connectivity index (χ0) is 17.2. The predicted octanol–water partition coefficient (Wildman–Crippen LogP) is 3.93. The molecule has 0 radical (unpaired) electrons. The van der Waals surface area contributed by atoms with Crippen molar-refractivity contribution in [1.29, 1.82) is 0 Å². The molecule has 130 valence electrons. The van der Waals surface area contributed by atoms with Gasteiger partial charge in [0.15, 0.2) is 11.5 Å². The highest BCUT2D eigenvalue weighted by Gasteiger charge is 2.28. The second kappa shape index (κ2) is 6.96. The number of benzene rings is 1. The number of amides is 1. The average molecular weight is 355 g/mol. The molecule has 0 aliphatic carbocycles. The molecule has 0 N–H and O–H groups in total. The molecular formula is C19H21N3O2S. The molecule has 5 nitrogen and oxygen atoms in total. The number of piperidine rings is 1. The van der Waals surface area contributed by atoms with Gasteiger partial charge in [0, 0.05) is 24.4 Å². The monoisotopic (exact) mass is 355 g/mol. The van der Waals surface area contributed by atoms with Gasteiger partial charge in [-0.2, -0.15) is 0 Å². The number of oxazole rings is 1. The van der Waals surface area contributed by atoms with Crippen LogP contribution in [0.2, 0.25) is 0 Å². The lowest BCUT2D eigenvalue weighted by Gasteiger charge is -2.31. The van der Waals surface area contributed by atoms with Crippen LogP contribution >= 0.6 is 11.3 Å². The van der Waals surface area contributed by atoms with Crippen LogP contribution in [0.25, 0.3) is 11.1 Å². The maximum absolute atomic E-state index is 12.6. The van der Waals surface area contributed by atoms with E-state index in [9.17, 15) is 4.79 Å². The number of nitrogens with zero attached hydrogens (tertiary/aromatic N) is 3. The number of carbonyl (C=O) groups is 1. The van der Waals surface area contributed by atoms with Crippen LogP contribution in [-0.4, -0.2) is 33.9 Å². The largest absolute Gasteiger partial charge is 0.440 e. The second-order valence-corrected chi connectivity index (χ2v) is 7.50. The molecule has 0 saturated carbocycles. The molecule has 1 unspecified atom stereocenters. The van der Waals surface area contributed by atoms with E-state index in [4.69, 9.17) is 4.42 Å². The van der Waals surface area contributed by atoms with Crippen molar-refractivity contribution in [3.05, 3.63) is 46.2 Å². The summed E-state index contributed by atoms with van der Waals surface area (Å²) in [5.41, 5.74) is 4.60. The Morgan fingerprint density at radius 3 is 3.08 bits per heavy atom. The van der Waals surface area contributed by atoms with Gasteiger partial charge in [-0.3, -0.25) is 4.79 Å². The van der Waals surface area contributed by atoms with Crippen molar-refractivity contribution < 1.29 is 9.21 Å². The molecule has 0 bridgehead atoms. The number of likely N-dealkylation sites (tertiary alicyclic amines) is 1. The lowest BCUT2D eigenvalue weighted by atomic mass is 9.97. The van der Waals surface area contributed by atoms with Crippen molar-refractivity contribution in [1.82, 2.24) is 14.9 Å². The highest BCUT2D eigenvalue weighted by atomic mass is 32.1. The third kappa shape index (κ3) is 3.44. The molecule has 3 heterocycles. The molecule has 1 aliphatic heterocycles. The Balaban J connectivity index is 1.41. The molecule has 1 fully saturated rings. The van der Waals surface area contributed by atoms with Crippen LogP contribution in [0.15, 0.2) is 34.2 Å². The fourth-order valence-electron chi connectivity index (χ4n) is 3.41. The van der Waals surface area contributed by atoms with Crippen molar-refractivity contribution in [2.45, 2.75) is 38.5 Å². The Labute approximate surface area is 150 Å². The molecule has 25 heavy (non-hydrogen) atoms. The highest BCUT2D eigenvalue weighted by molar-refractivity contribution is 7.09. The van der Waals surface area contributed by atoms with Gasteiger partial charge in [-0.1, -0.05) is 12.1 Å². The van der Waals surface area contributed by atoms with Crippen LogP contribution in [-0.2, 0) is 11.2 Å². The number of rotatable bonds is 4. The summed E-state index contributed by atoms with van der Waals surface area (Å²) in [6, 6.07) is 7.82. The van der Waals surface area contributed by atoms with Gasteiger partial charge < -0.3 is 9.32 Å². The molecule has 0 spiro atoms. The van der Waals surface area contributed by atoms with Crippen LogP contribution in [0, 0.1) is 6.92 Å². The van der Waals surface area contributed by atoms with Crippen molar-refractivity contribution in [3.63, 3.8) is 0 Å². The first-order chi connectivity index (χ1) is 12.2. The van der Waals surface area contributed by atoms with Crippen molar-refractivity contribution in [3.8, 4) is 0 Å². The number of aromatic nitrogens is 2. The van der Waals surface area contributed by atoms with Crippen molar-refractivity contribution in [2.75, 3.05) is 13.1 Å². The van der Waals surface area contributed by atoms with E-state index in [-0.39, 0.29) is 11.8 Å². The van der Waals surface area contributed by atoms with Gasteiger partial charge >= 0.3 is 0 Å². The smallest absolute Gasteiger partial charge is 0.222 e. The summed E-state index contributed by atoms with van der Waals surface area (Å²) in [6.07, 6.45) is 3.34. The van der Waals surface area contributed by atoms with E-state index in [0.717, 1.165) is 48.5 Å². The molecular weight excluding hydrogens is 334 g/mol. The zero-order valence-electron chi connectivity index (χ0n) is 14.3. The highest BCUT2D eigenvalue weighted by Crippen LogP contribution is 2.29. The Hall–Kier alpha value is -2.21. The summed E-state index contributed by atoms with van der Waals surface area (Å²) >= 11 is 1.63. The molecule has 1 aliphatic rings. The lowest BCUT2D eigenvalue weighted by Crippen LogP contribution is -2.39. The normalized spacial score (nSPS) is 18.0. The number of carbonyl (C=O) groups excluding carboxylic acids is 1. The Morgan fingerprint density at radius 2 is 2.28 bits per heavy atom. The Kier molecular flexibility index (Phi) is 4.53. The maximum Gasteiger partial charge on any atom is 0.222 e. The van der Waals surface area contributed by atoms with Gasteiger partial charge in [-0.05, 0) is 38.3 Å². The molecule has 4 rings (SSSR count). The van der Waals surface area contributed by atoms with E-state index < -0.39 is 0 Å². The summed E-state index contributed by atoms with van der Waals surface area (Å²) in [6.45, 7) is 3.53. The number of thiazole rings is 1. The number of hydrogen-bond acceptors (Lipinski definition) is 5. The van der Waals surface area contributed by atoms with Crippen LogP contribution in [0.5, 0.6) is 0 Å². The van der Waals surface area contributed by atoms with E-state index in [2.05, 4.69) is 9.97 Å². The third-order valence-corrected chi connectivity index (χ3v) is 5.84. The van der Waals surface area contributed by atoms with Gasteiger partial charge in [-0.25, -0.2) is 9.97 Å². The molecule has 1 saturated heterocycles. The van der Waals surface area contributed by atoms with E-state index in [1.54, 1.807) is 11.3 Å². The Morgan fingerprint density at radius 1 is 1.40 bits per heavy atom. The average Bonchev–Trinajstić information content (AvgIpc) is 3.25. The SMILES string of the molecule is Cc1ncsc1CCC(=O)N1CCCC(c2nc3ccccc3o2)C1. The lowest BCUT2D eigenvalue weighted by molar-refractivity contribution is -0.132. The fourth-order valence-corrected chi connectivity index (χ4v) is 4.20. The summed E-state index contributed by atoms with van der Waals surface area (Å²) in [5.74, 6) is 1.17. The minimum absolute atomic E-state index is 0.190. The minimum atomic E-state index is 0.190. The van der Waals surface area contributed by atoms with Crippen LogP contribution < -0.4 is 0 Å². The number of aryl methyl sites for hydroxylation is 2. The molecule has 2 aromatic heterocycles. The quantitative estimate of drug-likeness (QED) is 0.711. The number of fused-ring (bicyclic) bond motifs is 1. The first-order valence-corrected chi connectivity index (χ1v) is 9.61. The Bertz CT molecular complexity index is 853. The first kappa shape index (κ1) is 16.3. The third-order valence-electron chi connectivity index (χ3n) is 4.84. The molecule has 1 aromatic carbocycles. The van der Waals surface area contributed by atoms with Gasteiger partial charge in [0.2, 0.25) is 5.91 Å². The number of para-hydroxylation sites is 2. The van der Waals surface area contributed by atoms with E-state index in [0.29, 0.717) is 13.0 Å². The molecule has 1 amide bonds. The van der Waals surface area contributed by atoms with Gasteiger partial charge in [0.25, 0.3) is 0 Å². The van der Waals surface area contributed by atoms with E-state index in [1.165, 1.54) is 4.88 Å². The van der Waals surface area contributed by atoms with E-state index in [1.807, 2.05) is 41.6 Å². The molecule has 3 aromatic rings. The van der Waals surface area contributed by atoms with Crippen molar-refractivity contribution >= 4 is 28.3 Å². The summed E-state index contributed by atoms with van der Waals surface area (Å²) in [5, 5.41) is 0. The van der Waals surface area contributed by atoms with Crippen LogP contribution in [0.3, 0.4) is 0 Å². The maximum atomic E-state index is 12.6. The second-order valence-electron chi connectivity index (χ2n) is 6.56. The van der Waals surface area contributed by atoms with Gasteiger partial charge in [-0.15, -0.1) is 11.3 Å². The van der Waals surface area contributed by atoms with Crippen molar-refractivity contribution in [2.24, 2.45) is 0 Å². The van der Waals surface area contributed by atoms with Crippen LogP contribution in [0.1, 0.15) is 41.6 Å². The van der Waals surface area contributed by atoms with E-state index >= 15 is 0 Å². The topological polar surface area (TPSA) is 59.2 Å². The summed E-state index contributed by atoms with van der Waals surface area (Å²) in [7, 11) is 0. The predicted molar refractivity (Wildman–Crippen MR) is 97.7 cm³/mol. The molecule has 1 atom stereocenters. The minimum Gasteiger partial charge on any atom is -0.440 e. The molecule has 6 heteroatoms. The number of hydrogen-bond donors (Lipinski definition) is 0. The summed E-state index contributed by atoms with van der Waals surface area (Å²) in [4.78, 5) is 24.7. The van der Waals surface area contributed by atoms with Crippen LogP contribution in [0.4, 0.5) is 0 Å². The first-order valence-electron chi connectivity index (χ1n) is 8.73. The fraction of sp³-hybridized carbons (Fsp3) is 0.421. The summed E-state index contributed by atoms with van der Waals surface area (Å²) < 4.78 is 5.91. The zero-order valence-corrected chi connectivity index (χ0v) is 15.1. The standard InChI is InChI=1S/C19H21N3O2S/c1-13-17(25-12-20-13)8-9-18(23)22-10-4-5-14(11-22)19-21-15-6-2-3-7-16(15)24-19/h2-3,6-7,12,14H,4-5,8-11H2,1H3. The van der Waals surface area contributed by atoms with Gasteiger partial charge in [0.1, 0.15) is 5.52 Å².